The zero-order chi connectivity index (χ0) is 15.5. The van der Waals surface area contributed by atoms with Crippen molar-refractivity contribution < 1.29 is 5.11 Å². The van der Waals surface area contributed by atoms with Crippen molar-refractivity contribution in [1.29, 1.82) is 0 Å². The lowest BCUT2D eigenvalue weighted by Crippen LogP contribution is -2.41. The number of aliphatic hydroxyl groups excluding tert-OH is 1. The van der Waals surface area contributed by atoms with Gasteiger partial charge in [-0.3, -0.25) is 0 Å². The van der Waals surface area contributed by atoms with Crippen molar-refractivity contribution in [1.82, 2.24) is 0 Å². The van der Waals surface area contributed by atoms with Crippen LogP contribution in [0.2, 0.25) is 5.02 Å². The molecule has 0 heterocycles. The van der Waals surface area contributed by atoms with Gasteiger partial charge in [0.2, 0.25) is 0 Å². The highest BCUT2D eigenvalue weighted by molar-refractivity contribution is 6.31. The third-order valence-electron chi connectivity index (χ3n) is 4.06. The van der Waals surface area contributed by atoms with E-state index in [4.69, 9.17) is 17.3 Å². The van der Waals surface area contributed by atoms with Crippen LogP contribution in [-0.2, 0) is 11.8 Å². The summed E-state index contributed by atoms with van der Waals surface area (Å²) in [7, 11) is 0. The summed E-state index contributed by atoms with van der Waals surface area (Å²) >= 11 is 6.35. The van der Waals surface area contributed by atoms with Gasteiger partial charge < -0.3 is 10.8 Å². The van der Waals surface area contributed by atoms with Crippen LogP contribution in [0.5, 0.6) is 0 Å². The molecule has 0 amide bonds. The lowest BCUT2D eigenvalue weighted by atomic mass is 9.75. The standard InChI is InChI=1S/C18H22ClNO/c1-13-4-3-5-16(8-13)18(11-20,12-21)10-15-7-6-14(2)9-17(15)19/h3-9,21H,10-12,20H2,1-2H3. The molecular weight excluding hydrogens is 282 g/mol. The number of halogens is 1. The van der Waals surface area contributed by atoms with Gasteiger partial charge in [0.25, 0.3) is 0 Å². The van der Waals surface area contributed by atoms with Crippen molar-refractivity contribution in [2.45, 2.75) is 25.7 Å². The molecule has 0 saturated heterocycles. The lowest BCUT2D eigenvalue weighted by Gasteiger charge is -2.32. The molecule has 0 fully saturated rings. The third kappa shape index (κ3) is 3.46. The van der Waals surface area contributed by atoms with Gasteiger partial charge in [-0.2, -0.15) is 0 Å². The van der Waals surface area contributed by atoms with Gasteiger partial charge in [-0.1, -0.05) is 53.6 Å². The average Bonchev–Trinajstić information content (AvgIpc) is 2.47. The molecule has 21 heavy (non-hydrogen) atoms. The minimum Gasteiger partial charge on any atom is -0.395 e. The van der Waals surface area contributed by atoms with Crippen LogP contribution in [0.4, 0.5) is 0 Å². The first-order valence-electron chi connectivity index (χ1n) is 7.14. The zero-order valence-electron chi connectivity index (χ0n) is 12.6. The van der Waals surface area contributed by atoms with Crippen LogP contribution in [0.15, 0.2) is 42.5 Å². The summed E-state index contributed by atoms with van der Waals surface area (Å²) in [4.78, 5) is 0. The fraction of sp³-hybridized carbons (Fsp3) is 0.333. The first-order valence-corrected chi connectivity index (χ1v) is 7.52. The number of hydrogen-bond acceptors (Lipinski definition) is 2. The normalized spacial score (nSPS) is 14.0. The highest BCUT2D eigenvalue weighted by Gasteiger charge is 2.31. The first kappa shape index (κ1) is 16.0. The molecule has 0 aliphatic heterocycles. The summed E-state index contributed by atoms with van der Waals surface area (Å²) in [6.07, 6.45) is 0.628. The predicted molar refractivity (Wildman–Crippen MR) is 88.9 cm³/mol. The Kier molecular flexibility index (Phi) is 5.04. The molecular formula is C18H22ClNO. The predicted octanol–water partition coefficient (Wildman–Crippen LogP) is 3.39. The summed E-state index contributed by atoms with van der Waals surface area (Å²) < 4.78 is 0. The third-order valence-corrected chi connectivity index (χ3v) is 4.41. The number of rotatable bonds is 5. The van der Waals surface area contributed by atoms with Gasteiger partial charge in [0.15, 0.2) is 0 Å². The average molecular weight is 304 g/mol. The van der Waals surface area contributed by atoms with Gasteiger partial charge >= 0.3 is 0 Å². The molecule has 2 rings (SSSR count). The van der Waals surface area contributed by atoms with E-state index in [1.54, 1.807) is 0 Å². The van der Waals surface area contributed by atoms with Crippen LogP contribution in [0, 0.1) is 13.8 Å². The molecule has 2 aromatic carbocycles. The summed E-state index contributed by atoms with van der Waals surface area (Å²) in [6, 6.07) is 14.2. The van der Waals surface area contributed by atoms with E-state index >= 15 is 0 Å². The van der Waals surface area contributed by atoms with Gasteiger partial charge in [-0.15, -0.1) is 0 Å². The summed E-state index contributed by atoms with van der Waals surface area (Å²) in [6.45, 7) is 4.42. The Morgan fingerprint density at radius 2 is 1.81 bits per heavy atom. The maximum absolute atomic E-state index is 10.0. The fourth-order valence-electron chi connectivity index (χ4n) is 2.64. The second-order valence-electron chi connectivity index (χ2n) is 5.78. The van der Waals surface area contributed by atoms with Crippen molar-refractivity contribution >= 4 is 11.6 Å². The zero-order valence-corrected chi connectivity index (χ0v) is 13.3. The van der Waals surface area contributed by atoms with E-state index in [9.17, 15) is 5.11 Å². The maximum Gasteiger partial charge on any atom is 0.0543 e. The number of hydrogen-bond donors (Lipinski definition) is 2. The monoisotopic (exact) mass is 303 g/mol. The minimum atomic E-state index is -0.495. The van der Waals surface area contributed by atoms with E-state index in [-0.39, 0.29) is 6.61 Å². The second-order valence-corrected chi connectivity index (χ2v) is 6.19. The molecule has 1 atom stereocenters. The topological polar surface area (TPSA) is 46.2 Å². The Balaban J connectivity index is 2.43. The van der Waals surface area contributed by atoms with Crippen molar-refractivity contribution in [2.75, 3.05) is 13.2 Å². The smallest absolute Gasteiger partial charge is 0.0543 e. The van der Waals surface area contributed by atoms with Crippen LogP contribution in [0.1, 0.15) is 22.3 Å². The van der Waals surface area contributed by atoms with Gasteiger partial charge in [-0.25, -0.2) is 0 Å². The van der Waals surface area contributed by atoms with Crippen LogP contribution in [-0.4, -0.2) is 18.3 Å². The lowest BCUT2D eigenvalue weighted by molar-refractivity contribution is 0.196. The van der Waals surface area contributed by atoms with Gasteiger partial charge in [0.05, 0.1) is 6.61 Å². The molecule has 2 aromatic rings. The van der Waals surface area contributed by atoms with Crippen LogP contribution in [0.3, 0.4) is 0 Å². The van der Waals surface area contributed by atoms with E-state index in [1.165, 1.54) is 0 Å². The largest absolute Gasteiger partial charge is 0.395 e. The fourth-order valence-corrected chi connectivity index (χ4v) is 2.94. The highest BCUT2D eigenvalue weighted by Crippen LogP contribution is 2.31. The van der Waals surface area contributed by atoms with Crippen molar-refractivity contribution in [2.24, 2.45) is 5.73 Å². The molecule has 0 radical (unpaired) electrons. The minimum absolute atomic E-state index is 0.00282. The Bertz CT molecular complexity index is 620. The first-order chi connectivity index (χ1) is 10.0. The van der Waals surface area contributed by atoms with E-state index in [1.807, 2.05) is 50.2 Å². The number of nitrogens with two attached hydrogens (primary N) is 1. The summed E-state index contributed by atoms with van der Waals surface area (Å²) in [5.41, 5.74) is 9.89. The van der Waals surface area contributed by atoms with Crippen LogP contribution in [0.25, 0.3) is 0 Å². The molecule has 2 nitrogen and oxygen atoms in total. The van der Waals surface area contributed by atoms with Gasteiger partial charge in [0, 0.05) is 17.0 Å². The Morgan fingerprint density at radius 1 is 1.10 bits per heavy atom. The van der Waals surface area contributed by atoms with Gasteiger partial charge in [0.1, 0.15) is 0 Å². The number of aliphatic hydroxyl groups is 1. The van der Waals surface area contributed by atoms with E-state index in [0.717, 1.165) is 27.3 Å². The van der Waals surface area contributed by atoms with Crippen molar-refractivity contribution in [3.8, 4) is 0 Å². The molecule has 0 aliphatic carbocycles. The number of benzene rings is 2. The molecule has 3 N–H and O–H groups in total. The molecule has 3 heteroatoms. The van der Waals surface area contributed by atoms with Crippen molar-refractivity contribution in [3.05, 3.63) is 69.7 Å². The molecule has 112 valence electrons. The van der Waals surface area contributed by atoms with Crippen LogP contribution >= 0.6 is 11.6 Å². The molecule has 0 bridgehead atoms. The summed E-state index contributed by atoms with van der Waals surface area (Å²) in [5, 5.41) is 10.7. The second kappa shape index (κ2) is 6.61. The Labute approximate surface area is 131 Å². The van der Waals surface area contributed by atoms with E-state index < -0.39 is 5.41 Å². The molecule has 1 unspecified atom stereocenters. The van der Waals surface area contributed by atoms with E-state index in [0.29, 0.717) is 13.0 Å². The number of aryl methyl sites for hydroxylation is 2. The molecule has 0 aromatic heterocycles. The van der Waals surface area contributed by atoms with Gasteiger partial charge in [-0.05, 0) is 43.0 Å². The molecule has 0 spiro atoms. The Morgan fingerprint density at radius 3 is 2.38 bits per heavy atom. The maximum atomic E-state index is 10.0. The highest BCUT2D eigenvalue weighted by atomic mass is 35.5. The molecule has 0 saturated carbocycles. The summed E-state index contributed by atoms with van der Waals surface area (Å²) in [5.74, 6) is 0. The molecule has 0 aliphatic rings. The quantitative estimate of drug-likeness (QED) is 0.889. The van der Waals surface area contributed by atoms with Crippen LogP contribution < -0.4 is 5.73 Å². The van der Waals surface area contributed by atoms with Crippen molar-refractivity contribution in [3.63, 3.8) is 0 Å². The Hall–Kier alpha value is -1.35. The van der Waals surface area contributed by atoms with E-state index in [2.05, 4.69) is 6.07 Å². The SMILES string of the molecule is Cc1cccc(C(CN)(CO)Cc2ccc(C)cc2Cl)c1.